The Hall–Kier alpha value is -4.54. The number of halogens is 2. The number of nitrogens with zero attached hydrogens (tertiary/aromatic N) is 7. The van der Waals surface area contributed by atoms with Gasteiger partial charge in [0.05, 0.1) is 11.1 Å². The molecular formula is C23H18F2N8O. The Morgan fingerprint density at radius 1 is 1.12 bits per heavy atom. The van der Waals surface area contributed by atoms with Crippen molar-refractivity contribution in [3.05, 3.63) is 77.6 Å². The van der Waals surface area contributed by atoms with Crippen LogP contribution in [0.15, 0.2) is 54.9 Å². The number of pyridine rings is 2. The average molecular weight is 460 g/mol. The minimum Gasteiger partial charge on any atom is -0.383 e. The lowest BCUT2D eigenvalue weighted by molar-refractivity contribution is 0.112. The molecule has 0 aliphatic carbocycles. The number of anilines is 2. The van der Waals surface area contributed by atoms with Crippen molar-refractivity contribution in [1.82, 2.24) is 30.2 Å². The molecule has 0 unspecified atom stereocenters. The molecule has 34 heavy (non-hydrogen) atoms. The summed E-state index contributed by atoms with van der Waals surface area (Å²) in [6, 6.07) is 8.99. The average Bonchev–Trinajstić information content (AvgIpc) is 3.35. The van der Waals surface area contributed by atoms with Gasteiger partial charge in [0.2, 0.25) is 0 Å². The van der Waals surface area contributed by atoms with Gasteiger partial charge >= 0.3 is 0 Å². The number of rotatable bonds is 5. The van der Waals surface area contributed by atoms with E-state index in [-0.39, 0.29) is 17.3 Å². The van der Waals surface area contributed by atoms with Crippen LogP contribution < -0.4 is 10.6 Å². The van der Waals surface area contributed by atoms with Gasteiger partial charge in [-0.15, -0.1) is 5.10 Å². The maximum atomic E-state index is 14.4. The number of tetrazole rings is 1. The Morgan fingerprint density at radius 3 is 2.79 bits per heavy atom. The first-order chi connectivity index (χ1) is 16.6. The molecule has 9 nitrogen and oxygen atoms in total. The predicted molar refractivity (Wildman–Crippen MR) is 121 cm³/mol. The van der Waals surface area contributed by atoms with Crippen LogP contribution in [0.3, 0.4) is 0 Å². The molecule has 3 aromatic heterocycles. The number of carbonyl (C=O) groups excluding carboxylic acids is 1. The number of nitrogen functional groups attached to an aromatic ring is 1. The molecule has 0 bridgehead atoms. The van der Waals surface area contributed by atoms with Gasteiger partial charge < -0.3 is 10.6 Å². The molecule has 0 fully saturated rings. The molecule has 0 spiro atoms. The van der Waals surface area contributed by atoms with Crippen molar-refractivity contribution in [2.45, 2.75) is 6.42 Å². The second kappa shape index (κ2) is 8.77. The molecule has 170 valence electrons. The Labute approximate surface area is 192 Å². The van der Waals surface area contributed by atoms with E-state index in [2.05, 4.69) is 25.5 Å². The summed E-state index contributed by atoms with van der Waals surface area (Å²) >= 11 is 0. The van der Waals surface area contributed by atoms with Gasteiger partial charge in [0.1, 0.15) is 17.3 Å². The number of carbonyl (C=O) groups is 1. The van der Waals surface area contributed by atoms with Gasteiger partial charge in [-0.25, -0.2) is 18.7 Å². The van der Waals surface area contributed by atoms with Gasteiger partial charge in [0.15, 0.2) is 23.7 Å². The normalized spacial score (nSPS) is 13.6. The Kier molecular flexibility index (Phi) is 5.50. The van der Waals surface area contributed by atoms with E-state index in [1.54, 1.807) is 30.6 Å². The van der Waals surface area contributed by atoms with Gasteiger partial charge in [-0.2, -0.15) is 4.68 Å². The Morgan fingerprint density at radius 2 is 2.00 bits per heavy atom. The molecule has 1 aliphatic rings. The number of aromatic nitrogens is 6. The first kappa shape index (κ1) is 21.3. The predicted octanol–water partition coefficient (Wildman–Crippen LogP) is 3.09. The third kappa shape index (κ3) is 3.76. The summed E-state index contributed by atoms with van der Waals surface area (Å²) in [4.78, 5) is 22.0. The fourth-order valence-corrected chi connectivity index (χ4v) is 3.89. The van der Waals surface area contributed by atoms with Crippen LogP contribution in [0.5, 0.6) is 0 Å². The van der Waals surface area contributed by atoms with E-state index in [1.807, 2.05) is 11.0 Å². The quantitative estimate of drug-likeness (QED) is 0.452. The number of benzene rings is 1. The molecule has 0 saturated carbocycles. The Bertz CT molecular complexity index is 1420. The molecule has 11 heteroatoms. The summed E-state index contributed by atoms with van der Waals surface area (Å²) in [5.74, 6) is -1.16. The van der Waals surface area contributed by atoms with Crippen molar-refractivity contribution in [2.75, 3.05) is 23.7 Å². The molecule has 0 saturated heterocycles. The monoisotopic (exact) mass is 460 g/mol. The van der Waals surface area contributed by atoms with Crippen LogP contribution in [-0.2, 0) is 0 Å². The van der Waals surface area contributed by atoms with Gasteiger partial charge in [-0.1, -0.05) is 12.1 Å². The Balaban J connectivity index is 1.48. The zero-order chi connectivity index (χ0) is 23.7. The smallest absolute Gasteiger partial charge is 0.190 e. The highest BCUT2D eigenvalue weighted by molar-refractivity contribution is 5.83. The number of hydrogen-bond acceptors (Lipinski definition) is 8. The molecular weight excluding hydrogens is 442 g/mol. The SMILES string of the molecule is Nc1ncc(C2=CCN(c3ncccc3C=O)CC2)cc1-c1nnnn1-c1cccc(F)c1F. The molecule has 0 atom stereocenters. The fraction of sp³-hybridized carbons (Fsp3) is 0.130. The van der Waals surface area contributed by atoms with Crippen LogP contribution in [0, 0.1) is 11.6 Å². The standard InChI is InChI=1S/C23H18F2N8O/c24-18-4-1-5-19(20(18)25)33-23(29-30-31-33)17-11-16(12-28-21(17)26)14-6-9-32(10-7-14)22-15(13-34)3-2-8-27-22/h1-6,8,11-13H,7,9-10H2,(H2,26,28). The van der Waals surface area contributed by atoms with Crippen LogP contribution in [0.25, 0.3) is 22.6 Å². The van der Waals surface area contributed by atoms with E-state index in [0.29, 0.717) is 36.5 Å². The lowest BCUT2D eigenvalue weighted by Crippen LogP contribution is -2.30. The number of aldehydes is 1. The zero-order valence-electron chi connectivity index (χ0n) is 17.8. The topological polar surface area (TPSA) is 116 Å². The van der Waals surface area contributed by atoms with Crippen LogP contribution in [0.1, 0.15) is 22.3 Å². The second-order valence-corrected chi connectivity index (χ2v) is 7.60. The van der Waals surface area contributed by atoms with Crippen molar-refractivity contribution in [1.29, 1.82) is 0 Å². The van der Waals surface area contributed by atoms with Gasteiger partial charge in [0.25, 0.3) is 0 Å². The van der Waals surface area contributed by atoms with Crippen molar-refractivity contribution in [3.8, 4) is 17.1 Å². The first-order valence-electron chi connectivity index (χ1n) is 10.4. The van der Waals surface area contributed by atoms with Gasteiger partial charge in [-0.05, 0) is 58.3 Å². The fourth-order valence-electron chi connectivity index (χ4n) is 3.89. The number of hydrogen-bond donors (Lipinski definition) is 1. The molecule has 1 aliphatic heterocycles. The summed E-state index contributed by atoms with van der Waals surface area (Å²) in [6.07, 6.45) is 6.80. The highest BCUT2D eigenvalue weighted by Crippen LogP contribution is 2.31. The maximum Gasteiger partial charge on any atom is 0.190 e. The first-order valence-corrected chi connectivity index (χ1v) is 10.4. The highest BCUT2D eigenvalue weighted by atomic mass is 19.2. The lowest BCUT2D eigenvalue weighted by Gasteiger charge is -2.28. The minimum absolute atomic E-state index is 0.137. The molecule has 4 heterocycles. The van der Waals surface area contributed by atoms with Crippen molar-refractivity contribution >= 4 is 23.5 Å². The van der Waals surface area contributed by atoms with Crippen molar-refractivity contribution < 1.29 is 13.6 Å². The van der Waals surface area contributed by atoms with Crippen LogP contribution in [0.2, 0.25) is 0 Å². The summed E-state index contributed by atoms with van der Waals surface area (Å²) < 4.78 is 29.2. The second-order valence-electron chi connectivity index (χ2n) is 7.60. The minimum atomic E-state index is -1.07. The van der Waals surface area contributed by atoms with Crippen LogP contribution >= 0.6 is 0 Å². The largest absolute Gasteiger partial charge is 0.383 e. The molecule has 0 radical (unpaired) electrons. The maximum absolute atomic E-state index is 14.4. The van der Waals surface area contributed by atoms with Crippen molar-refractivity contribution in [3.63, 3.8) is 0 Å². The van der Waals surface area contributed by atoms with Crippen molar-refractivity contribution in [2.24, 2.45) is 0 Å². The zero-order valence-corrected chi connectivity index (χ0v) is 17.8. The molecule has 2 N–H and O–H groups in total. The molecule has 4 aromatic rings. The van der Waals surface area contributed by atoms with E-state index in [1.165, 1.54) is 12.1 Å². The molecule has 0 amide bonds. The number of nitrogens with two attached hydrogens (primary N) is 1. The third-order valence-corrected chi connectivity index (χ3v) is 5.61. The van der Waals surface area contributed by atoms with Gasteiger partial charge in [0, 0.05) is 25.5 Å². The van der Waals surface area contributed by atoms with Crippen LogP contribution in [0.4, 0.5) is 20.4 Å². The van der Waals surface area contributed by atoms with E-state index in [4.69, 9.17) is 5.73 Å². The van der Waals surface area contributed by atoms with E-state index >= 15 is 0 Å². The van der Waals surface area contributed by atoms with Gasteiger partial charge in [-0.3, -0.25) is 4.79 Å². The molecule has 5 rings (SSSR count). The van der Waals surface area contributed by atoms with E-state index in [0.717, 1.165) is 28.2 Å². The lowest BCUT2D eigenvalue weighted by atomic mass is 9.99. The molecule has 1 aromatic carbocycles. The van der Waals surface area contributed by atoms with E-state index < -0.39 is 11.6 Å². The highest BCUT2D eigenvalue weighted by Gasteiger charge is 2.21. The van der Waals surface area contributed by atoms with Crippen LogP contribution in [-0.4, -0.2) is 49.6 Å². The summed E-state index contributed by atoms with van der Waals surface area (Å²) in [5, 5.41) is 11.4. The third-order valence-electron chi connectivity index (χ3n) is 5.61. The summed E-state index contributed by atoms with van der Waals surface area (Å²) in [5.41, 5.74) is 8.70. The van der Waals surface area contributed by atoms with E-state index in [9.17, 15) is 13.6 Å². The summed E-state index contributed by atoms with van der Waals surface area (Å²) in [6.45, 7) is 1.20. The summed E-state index contributed by atoms with van der Waals surface area (Å²) in [7, 11) is 0.